The number of halogens is 1. The molecule has 6 nitrogen and oxygen atoms in total. The molecule has 1 saturated heterocycles. The lowest BCUT2D eigenvalue weighted by molar-refractivity contribution is -0.129. The number of anilines is 2. The van der Waals surface area contributed by atoms with Gasteiger partial charge in [-0.3, -0.25) is 9.10 Å². The number of piperazine rings is 1. The fraction of sp³-hybridized carbons (Fsp3) is 0.269. The molecule has 3 aromatic carbocycles. The van der Waals surface area contributed by atoms with Crippen molar-refractivity contribution in [1.29, 1.82) is 0 Å². The third kappa shape index (κ3) is 5.13. The lowest BCUT2D eigenvalue weighted by Crippen LogP contribution is -2.52. The van der Waals surface area contributed by atoms with E-state index in [1.165, 1.54) is 21.1 Å². The van der Waals surface area contributed by atoms with Crippen molar-refractivity contribution < 1.29 is 13.2 Å². The maximum Gasteiger partial charge on any atom is 0.264 e. The van der Waals surface area contributed by atoms with Gasteiger partial charge in [-0.25, -0.2) is 8.42 Å². The van der Waals surface area contributed by atoms with Gasteiger partial charge >= 0.3 is 0 Å². The number of carbonyl (C=O) groups is 1. The summed E-state index contributed by atoms with van der Waals surface area (Å²) in [6, 6.07) is 21.5. The summed E-state index contributed by atoms with van der Waals surface area (Å²) >= 11 is 3.41. The molecule has 1 amide bonds. The quantitative estimate of drug-likeness (QED) is 0.457. The van der Waals surface area contributed by atoms with Crippen molar-refractivity contribution in [3.63, 3.8) is 0 Å². The number of benzene rings is 3. The summed E-state index contributed by atoms with van der Waals surface area (Å²) in [6.07, 6.45) is 0. The topological polar surface area (TPSA) is 60.9 Å². The number of carbonyl (C=O) groups excluding carboxylic acids is 1. The predicted octanol–water partition coefficient (Wildman–Crippen LogP) is 4.61. The lowest BCUT2D eigenvalue weighted by Gasteiger charge is -2.38. The Morgan fingerprint density at radius 3 is 2.26 bits per heavy atom. The third-order valence-corrected chi connectivity index (χ3v) is 8.54. The van der Waals surface area contributed by atoms with Crippen LogP contribution in [0.15, 0.2) is 82.2 Å². The van der Waals surface area contributed by atoms with Crippen LogP contribution in [0.4, 0.5) is 11.4 Å². The van der Waals surface area contributed by atoms with Crippen LogP contribution in [0.3, 0.4) is 0 Å². The van der Waals surface area contributed by atoms with Crippen LogP contribution in [0.25, 0.3) is 0 Å². The van der Waals surface area contributed by atoms with Crippen molar-refractivity contribution in [2.24, 2.45) is 0 Å². The fourth-order valence-corrected chi connectivity index (χ4v) is 5.98. The first-order valence-corrected chi connectivity index (χ1v) is 13.4. The number of rotatable bonds is 6. The molecule has 1 aliphatic heterocycles. The number of amides is 1. The van der Waals surface area contributed by atoms with Crippen molar-refractivity contribution in [2.75, 3.05) is 41.9 Å². The van der Waals surface area contributed by atoms with E-state index in [0.717, 1.165) is 4.47 Å². The average Bonchev–Trinajstić information content (AvgIpc) is 2.84. The zero-order valence-electron chi connectivity index (χ0n) is 19.3. The third-order valence-electron chi connectivity index (χ3n) is 6.26. The lowest BCUT2D eigenvalue weighted by atomic mass is 10.1. The zero-order valence-corrected chi connectivity index (χ0v) is 21.7. The van der Waals surface area contributed by atoms with Gasteiger partial charge in [0, 0.05) is 36.3 Å². The van der Waals surface area contributed by atoms with E-state index in [2.05, 4.69) is 52.9 Å². The zero-order chi connectivity index (χ0) is 24.3. The molecule has 0 saturated carbocycles. The van der Waals surface area contributed by atoms with Crippen LogP contribution in [0.5, 0.6) is 0 Å². The minimum absolute atomic E-state index is 0.155. The molecule has 0 radical (unpaired) electrons. The summed E-state index contributed by atoms with van der Waals surface area (Å²) in [5.41, 5.74) is 4.12. The first-order valence-electron chi connectivity index (χ1n) is 11.2. The normalized spacial score (nSPS) is 14.2. The van der Waals surface area contributed by atoms with Crippen molar-refractivity contribution in [1.82, 2.24) is 4.90 Å². The second-order valence-electron chi connectivity index (χ2n) is 8.39. The van der Waals surface area contributed by atoms with Gasteiger partial charge < -0.3 is 9.80 Å². The van der Waals surface area contributed by atoms with Crippen LogP contribution < -0.4 is 9.21 Å². The molecule has 0 aromatic heterocycles. The second kappa shape index (κ2) is 10.2. The Kier molecular flexibility index (Phi) is 7.28. The van der Waals surface area contributed by atoms with E-state index < -0.39 is 10.0 Å². The van der Waals surface area contributed by atoms with E-state index >= 15 is 0 Å². The van der Waals surface area contributed by atoms with Crippen molar-refractivity contribution in [2.45, 2.75) is 18.7 Å². The number of aryl methyl sites for hydroxylation is 1. The largest absolute Gasteiger partial charge is 0.368 e. The molecular formula is C26H28BrN3O3S. The molecule has 0 bridgehead atoms. The Hall–Kier alpha value is -2.84. The van der Waals surface area contributed by atoms with Crippen molar-refractivity contribution in [3.8, 4) is 0 Å². The highest BCUT2D eigenvalue weighted by molar-refractivity contribution is 9.10. The minimum Gasteiger partial charge on any atom is -0.368 e. The number of sulfonamides is 1. The Morgan fingerprint density at radius 2 is 1.59 bits per heavy atom. The van der Waals surface area contributed by atoms with Gasteiger partial charge in [0.25, 0.3) is 10.0 Å². The highest BCUT2D eigenvalue weighted by atomic mass is 79.9. The van der Waals surface area contributed by atoms with Gasteiger partial charge in [0.2, 0.25) is 5.91 Å². The molecule has 34 heavy (non-hydrogen) atoms. The first-order chi connectivity index (χ1) is 16.3. The van der Waals surface area contributed by atoms with Gasteiger partial charge in [-0.1, -0.05) is 52.3 Å². The molecule has 1 heterocycles. The van der Waals surface area contributed by atoms with Crippen LogP contribution >= 0.6 is 15.9 Å². The first kappa shape index (κ1) is 24.3. The van der Waals surface area contributed by atoms with Crippen LogP contribution in [0, 0.1) is 13.8 Å². The standard InChI is InChI=1S/C26H28BrN3O3S/c1-20-8-6-13-25(21(20)2)28-14-16-29(17-15-28)26(31)19-30(23-10-7-9-22(27)18-23)34(32,33)24-11-4-3-5-12-24/h3-13,18H,14-17,19H2,1-2H3. The molecular weight excluding hydrogens is 514 g/mol. The van der Waals surface area contributed by atoms with Gasteiger partial charge in [0.1, 0.15) is 6.54 Å². The van der Waals surface area contributed by atoms with Gasteiger partial charge in [-0.2, -0.15) is 0 Å². The summed E-state index contributed by atoms with van der Waals surface area (Å²) < 4.78 is 28.9. The second-order valence-corrected chi connectivity index (χ2v) is 11.2. The highest BCUT2D eigenvalue weighted by Crippen LogP contribution is 2.27. The van der Waals surface area contributed by atoms with E-state index in [9.17, 15) is 13.2 Å². The van der Waals surface area contributed by atoms with E-state index in [0.29, 0.717) is 31.9 Å². The molecule has 1 aliphatic rings. The molecule has 178 valence electrons. The smallest absolute Gasteiger partial charge is 0.264 e. The molecule has 3 aromatic rings. The summed E-state index contributed by atoms with van der Waals surface area (Å²) in [5.74, 6) is -0.208. The Morgan fingerprint density at radius 1 is 0.912 bits per heavy atom. The molecule has 1 fully saturated rings. The maximum atomic E-state index is 13.5. The Labute approximate surface area is 210 Å². The van der Waals surface area contributed by atoms with Gasteiger partial charge in [0.15, 0.2) is 0 Å². The van der Waals surface area contributed by atoms with Crippen molar-refractivity contribution in [3.05, 3.63) is 88.4 Å². The molecule has 0 N–H and O–H groups in total. The summed E-state index contributed by atoms with van der Waals surface area (Å²) in [6.45, 7) is 6.47. The molecule has 0 spiro atoms. The Bertz CT molecular complexity index is 1270. The number of nitrogens with zero attached hydrogens (tertiary/aromatic N) is 3. The molecule has 0 unspecified atom stereocenters. The summed E-state index contributed by atoms with van der Waals surface area (Å²) in [7, 11) is -3.91. The van der Waals surface area contributed by atoms with Crippen LogP contribution in [-0.4, -0.2) is 51.9 Å². The van der Waals surface area contributed by atoms with Crippen molar-refractivity contribution >= 4 is 43.2 Å². The highest BCUT2D eigenvalue weighted by Gasteiger charge is 2.30. The molecule has 8 heteroatoms. The predicted molar refractivity (Wildman–Crippen MR) is 140 cm³/mol. The van der Waals surface area contributed by atoms with Crippen LogP contribution in [0.2, 0.25) is 0 Å². The van der Waals surface area contributed by atoms with Crippen LogP contribution in [0.1, 0.15) is 11.1 Å². The Balaban J connectivity index is 1.53. The molecule has 4 rings (SSSR count). The number of hydrogen-bond donors (Lipinski definition) is 0. The summed E-state index contributed by atoms with van der Waals surface area (Å²) in [4.78, 5) is 17.5. The van der Waals surface area contributed by atoms with E-state index in [4.69, 9.17) is 0 Å². The number of hydrogen-bond acceptors (Lipinski definition) is 4. The SMILES string of the molecule is Cc1cccc(N2CCN(C(=O)CN(c3cccc(Br)c3)S(=O)(=O)c3ccccc3)CC2)c1C. The van der Waals surface area contributed by atoms with Gasteiger partial charge in [-0.15, -0.1) is 0 Å². The monoisotopic (exact) mass is 541 g/mol. The molecule has 0 atom stereocenters. The molecule has 0 aliphatic carbocycles. The van der Waals surface area contributed by atoms with Gasteiger partial charge in [-0.05, 0) is 61.4 Å². The fourth-order valence-electron chi connectivity index (χ4n) is 4.16. The van der Waals surface area contributed by atoms with E-state index in [1.807, 2.05) is 6.07 Å². The van der Waals surface area contributed by atoms with E-state index in [-0.39, 0.29) is 17.3 Å². The van der Waals surface area contributed by atoms with E-state index in [1.54, 1.807) is 53.4 Å². The maximum absolute atomic E-state index is 13.5. The minimum atomic E-state index is -3.91. The van der Waals surface area contributed by atoms with Gasteiger partial charge in [0.05, 0.1) is 10.6 Å². The summed E-state index contributed by atoms with van der Waals surface area (Å²) in [5, 5.41) is 0. The average molecular weight is 542 g/mol. The van der Waals surface area contributed by atoms with Crippen LogP contribution in [-0.2, 0) is 14.8 Å².